The number of rotatable bonds is 4. The molecule has 100 valence electrons. The van der Waals surface area contributed by atoms with Gasteiger partial charge in [0.25, 0.3) is 0 Å². The Morgan fingerprint density at radius 3 is 2.39 bits per heavy atom. The van der Waals surface area contributed by atoms with E-state index in [9.17, 15) is 0 Å². The van der Waals surface area contributed by atoms with Gasteiger partial charge in [0.1, 0.15) is 5.75 Å². The first-order chi connectivity index (χ1) is 8.53. The standard InChI is InChI=1S/C15H23NO2/c1-10-5-14(17-4)12(3)11(2)13(10)6-15(7-16)8-18-9-15/h5H,6-9,16H2,1-4H3. The molecule has 0 bridgehead atoms. The van der Waals surface area contributed by atoms with Crippen molar-refractivity contribution in [1.29, 1.82) is 0 Å². The lowest BCUT2D eigenvalue weighted by atomic mass is 9.77. The minimum absolute atomic E-state index is 0.149. The zero-order valence-corrected chi connectivity index (χ0v) is 11.8. The van der Waals surface area contributed by atoms with Gasteiger partial charge in [0.05, 0.1) is 20.3 Å². The number of nitrogens with two attached hydrogens (primary N) is 1. The molecular weight excluding hydrogens is 226 g/mol. The van der Waals surface area contributed by atoms with E-state index < -0.39 is 0 Å². The third kappa shape index (κ3) is 2.13. The number of hydrogen-bond donors (Lipinski definition) is 1. The van der Waals surface area contributed by atoms with Crippen LogP contribution in [0.15, 0.2) is 6.07 Å². The van der Waals surface area contributed by atoms with E-state index in [1.54, 1.807) is 7.11 Å². The van der Waals surface area contributed by atoms with E-state index in [4.69, 9.17) is 15.2 Å². The summed E-state index contributed by atoms with van der Waals surface area (Å²) in [6.07, 6.45) is 1.01. The molecule has 0 unspecified atom stereocenters. The van der Waals surface area contributed by atoms with Gasteiger partial charge in [0, 0.05) is 12.0 Å². The number of aryl methyl sites for hydroxylation is 1. The summed E-state index contributed by atoms with van der Waals surface area (Å²) in [6, 6.07) is 2.13. The van der Waals surface area contributed by atoms with E-state index in [1.165, 1.54) is 22.3 Å². The van der Waals surface area contributed by atoms with Crippen molar-refractivity contribution in [3.63, 3.8) is 0 Å². The van der Waals surface area contributed by atoms with Gasteiger partial charge in [0.2, 0.25) is 0 Å². The Hall–Kier alpha value is -1.06. The van der Waals surface area contributed by atoms with Crippen LogP contribution in [0.2, 0.25) is 0 Å². The molecule has 0 saturated carbocycles. The topological polar surface area (TPSA) is 44.5 Å². The summed E-state index contributed by atoms with van der Waals surface area (Å²) < 4.78 is 10.8. The van der Waals surface area contributed by atoms with Crippen molar-refractivity contribution in [1.82, 2.24) is 0 Å². The van der Waals surface area contributed by atoms with Crippen LogP contribution < -0.4 is 10.5 Å². The van der Waals surface area contributed by atoms with E-state index >= 15 is 0 Å². The van der Waals surface area contributed by atoms with Crippen LogP contribution >= 0.6 is 0 Å². The summed E-state index contributed by atoms with van der Waals surface area (Å²) in [4.78, 5) is 0. The van der Waals surface area contributed by atoms with Crippen molar-refractivity contribution in [2.75, 3.05) is 26.9 Å². The van der Waals surface area contributed by atoms with Crippen molar-refractivity contribution < 1.29 is 9.47 Å². The highest BCUT2D eigenvalue weighted by Crippen LogP contribution is 2.35. The highest BCUT2D eigenvalue weighted by molar-refractivity contribution is 5.48. The summed E-state index contributed by atoms with van der Waals surface area (Å²) in [5.41, 5.74) is 11.3. The fraction of sp³-hybridized carbons (Fsp3) is 0.600. The highest BCUT2D eigenvalue weighted by Gasteiger charge is 2.38. The lowest BCUT2D eigenvalue weighted by molar-refractivity contribution is -0.106. The van der Waals surface area contributed by atoms with Crippen molar-refractivity contribution in [2.24, 2.45) is 11.1 Å². The Bertz CT molecular complexity index is 445. The second kappa shape index (κ2) is 4.90. The normalized spacial score (nSPS) is 17.4. The summed E-state index contributed by atoms with van der Waals surface area (Å²) in [5.74, 6) is 0.973. The monoisotopic (exact) mass is 249 g/mol. The van der Waals surface area contributed by atoms with Crippen LogP contribution in [0.3, 0.4) is 0 Å². The largest absolute Gasteiger partial charge is 0.496 e. The van der Waals surface area contributed by atoms with Crippen molar-refractivity contribution in [2.45, 2.75) is 27.2 Å². The second-order valence-electron chi connectivity index (χ2n) is 5.50. The van der Waals surface area contributed by atoms with Crippen LogP contribution in [0.5, 0.6) is 5.75 Å². The maximum absolute atomic E-state index is 5.91. The van der Waals surface area contributed by atoms with Crippen LogP contribution in [0.25, 0.3) is 0 Å². The molecule has 1 aliphatic rings. The van der Waals surface area contributed by atoms with Gasteiger partial charge in [0.15, 0.2) is 0 Å². The molecule has 2 N–H and O–H groups in total. The minimum Gasteiger partial charge on any atom is -0.496 e. The van der Waals surface area contributed by atoms with Crippen molar-refractivity contribution in [3.05, 3.63) is 28.3 Å². The molecule has 1 heterocycles. The van der Waals surface area contributed by atoms with Crippen LogP contribution in [0.1, 0.15) is 22.3 Å². The molecule has 0 atom stereocenters. The molecule has 0 aliphatic carbocycles. The number of ether oxygens (including phenoxy) is 2. The average molecular weight is 249 g/mol. The maximum atomic E-state index is 5.91. The summed E-state index contributed by atoms with van der Waals surface area (Å²) >= 11 is 0. The van der Waals surface area contributed by atoms with Gasteiger partial charge in [-0.25, -0.2) is 0 Å². The predicted octanol–water partition coefficient (Wildman–Crippen LogP) is 2.14. The van der Waals surface area contributed by atoms with Crippen molar-refractivity contribution in [3.8, 4) is 5.75 Å². The lowest BCUT2D eigenvalue weighted by Crippen LogP contribution is -2.50. The third-order valence-electron chi connectivity index (χ3n) is 4.23. The third-order valence-corrected chi connectivity index (χ3v) is 4.23. The fourth-order valence-electron chi connectivity index (χ4n) is 2.64. The first kappa shape index (κ1) is 13.4. The molecule has 3 heteroatoms. The Kier molecular flexibility index (Phi) is 3.64. The molecule has 1 aromatic rings. The maximum Gasteiger partial charge on any atom is 0.122 e. The van der Waals surface area contributed by atoms with Crippen LogP contribution in [-0.4, -0.2) is 26.9 Å². The van der Waals surface area contributed by atoms with E-state index in [1.807, 2.05) is 0 Å². The summed E-state index contributed by atoms with van der Waals surface area (Å²) in [6.45, 7) is 8.69. The van der Waals surface area contributed by atoms with E-state index in [0.717, 1.165) is 25.4 Å². The van der Waals surface area contributed by atoms with Gasteiger partial charge < -0.3 is 15.2 Å². The van der Waals surface area contributed by atoms with E-state index in [-0.39, 0.29) is 5.41 Å². The first-order valence-corrected chi connectivity index (χ1v) is 6.44. The molecule has 18 heavy (non-hydrogen) atoms. The van der Waals surface area contributed by atoms with Gasteiger partial charge in [-0.2, -0.15) is 0 Å². The van der Waals surface area contributed by atoms with Crippen LogP contribution in [-0.2, 0) is 11.2 Å². The molecule has 0 spiro atoms. The number of hydrogen-bond acceptors (Lipinski definition) is 3. The minimum atomic E-state index is 0.149. The fourth-order valence-corrected chi connectivity index (χ4v) is 2.64. The van der Waals surface area contributed by atoms with Gasteiger partial charge in [-0.05, 0) is 55.5 Å². The molecule has 0 aromatic heterocycles. The number of methoxy groups -OCH3 is 1. The quantitative estimate of drug-likeness (QED) is 0.889. The highest BCUT2D eigenvalue weighted by atomic mass is 16.5. The lowest BCUT2D eigenvalue weighted by Gasteiger charge is -2.41. The van der Waals surface area contributed by atoms with Crippen LogP contribution in [0, 0.1) is 26.2 Å². The molecule has 1 aromatic carbocycles. The second-order valence-corrected chi connectivity index (χ2v) is 5.50. The Morgan fingerprint density at radius 1 is 1.28 bits per heavy atom. The Morgan fingerprint density at radius 2 is 1.94 bits per heavy atom. The molecule has 1 saturated heterocycles. The molecule has 2 rings (SSSR count). The molecular formula is C15H23NO2. The van der Waals surface area contributed by atoms with Gasteiger partial charge in [-0.1, -0.05) is 0 Å². The van der Waals surface area contributed by atoms with Gasteiger partial charge in [-0.15, -0.1) is 0 Å². The SMILES string of the molecule is COc1cc(C)c(CC2(CN)COC2)c(C)c1C. The molecule has 0 amide bonds. The van der Waals surface area contributed by atoms with Gasteiger partial charge in [-0.3, -0.25) is 0 Å². The van der Waals surface area contributed by atoms with E-state index in [2.05, 4.69) is 26.8 Å². The van der Waals surface area contributed by atoms with Crippen LogP contribution in [0.4, 0.5) is 0 Å². The summed E-state index contributed by atoms with van der Waals surface area (Å²) in [7, 11) is 1.72. The van der Waals surface area contributed by atoms with E-state index in [0.29, 0.717) is 6.54 Å². The Labute approximate surface area is 109 Å². The molecule has 0 radical (unpaired) electrons. The molecule has 1 fully saturated rings. The smallest absolute Gasteiger partial charge is 0.122 e. The molecule has 1 aliphatic heterocycles. The first-order valence-electron chi connectivity index (χ1n) is 6.44. The predicted molar refractivity (Wildman–Crippen MR) is 73.2 cm³/mol. The average Bonchev–Trinajstić information content (AvgIpc) is 2.32. The Balaban J connectivity index is 2.36. The van der Waals surface area contributed by atoms with Crippen molar-refractivity contribution >= 4 is 0 Å². The summed E-state index contributed by atoms with van der Waals surface area (Å²) in [5, 5.41) is 0. The number of benzene rings is 1. The molecule has 3 nitrogen and oxygen atoms in total. The zero-order chi connectivity index (χ0) is 13.3. The van der Waals surface area contributed by atoms with Gasteiger partial charge >= 0.3 is 0 Å². The zero-order valence-electron chi connectivity index (χ0n) is 11.8.